The molecule has 1 N–H and O–H groups in total. The lowest BCUT2D eigenvalue weighted by Gasteiger charge is -2.24. The molecule has 4 nitrogen and oxygen atoms in total. The Morgan fingerprint density at radius 1 is 1.40 bits per heavy atom. The Labute approximate surface area is 88.3 Å². The first kappa shape index (κ1) is 11.3. The molecule has 5 heteroatoms. The first-order chi connectivity index (χ1) is 6.94. The fraction of sp³-hybridized carbons (Fsp3) is 1.00. The van der Waals surface area contributed by atoms with Crippen LogP contribution in [0.25, 0.3) is 0 Å². The number of ether oxygens (including phenoxy) is 3. The van der Waals surface area contributed by atoms with Crippen LogP contribution in [0.2, 0.25) is 0 Å². The third kappa shape index (κ3) is 1.89. The smallest absolute Gasteiger partial charge is 0.190 e. The second kappa shape index (κ2) is 3.66. The van der Waals surface area contributed by atoms with Crippen LogP contribution in [0.4, 0.5) is 4.39 Å². The summed E-state index contributed by atoms with van der Waals surface area (Å²) in [5, 5.41) is 8.95. The zero-order chi connectivity index (χ0) is 11.2. The minimum atomic E-state index is -1.24. The Hall–Kier alpha value is -0.230. The van der Waals surface area contributed by atoms with Crippen molar-refractivity contribution in [3.8, 4) is 0 Å². The van der Waals surface area contributed by atoms with E-state index in [4.69, 9.17) is 19.3 Å². The van der Waals surface area contributed by atoms with Gasteiger partial charge in [-0.2, -0.15) is 0 Å². The average Bonchev–Trinajstić information content (AvgIpc) is 2.60. The molecule has 0 aliphatic carbocycles. The van der Waals surface area contributed by atoms with Crippen molar-refractivity contribution in [2.75, 3.05) is 6.61 Å². The number of rotatable bonds is 2. The van der Waals surface area contributed by atoms with Crippen LogP contribution < -0.4 is 0 Å². The minimum Gasteiger partial charge on any atom is -0.396 e. The molecule has 0 radical (unpaired) electrons. The zero-order valence-electron chi connectivity index (χ0n) is 9.14. The van der Waals surface area contributed by atoms with Crippen molar-refractivity contribution in [1.82, 2.24) is 0 Å². The van der Waals surface area contributed by atoms with Crippen LogP contribution in [0.1, 0.15) is 20.8 Å². The quantitative estimate of drug-likeness (QED) is 0.748. The van der Waals surface area contributed by atoms with Gasteiger partial charge in [-0.1, -0.05) is 6.92 Å². The van der Waals surface area contributed by atoms with Gasteiger partial charge in [0.25, 0.3) is 0 Å². The highest BCUT2D eigenvalue weighted by Crippen LogP contribution is 2.40. The molecule has 5 atom stereocenters. The third-order valence-corrected chi connectivity index (χ3v) is 2.86. The summed E-state index contributed by atoms with van der Waals surface area (Å²) in [5.74, 6) is -1.03. The SMILES string of the molecule is C[C@H](CO)[C@@H]1O[C@@H]2OC(C)(C)O[C@@H]2[C@H]1F. The van der Waals surface area contributed by atoms with Crippen molar-refractivity contribution in [2.24, 2.45) is 5.92 Å². The van der Waals surface area contributed by atoms with E-state index in [2.05, 4.69) is 0 Å². The van der Waals surface area contributed by atoms with Crippen molar-refractivity contribution < 1.29 is 23.7 Å². The van der Waals surface area contributed by atoms with Crippen molar-refractivity contribution in [3.05, 3.63) is 0 Å². The van der Waals surface area contributed by atoms with Gasteiger partial charge in [-0.3, -0.25) is 0 Å². The highest BCUT2D eigenvalue weighted by atomic mass is 19.1. The van der Waals surface area contributed by atoms with Crippen molar-refractivity contribution in [1.29, 1.82) is 0 Å². The lowest BCUT2D eigenvalue weighted by atomic mass is 10.0. The fourth-order valence-corrected chi connectivity index (χ4v) is 2.05. The Kier molecular flexibility index (Phi) is 2.75. The van der Waals surface area contributed by atoms with E-state index in [0.717, 1.165) is 0 Å². The Morgan fingerprint density at radius 3 is 2.60 bits per heavy atom. The Balaban J connectivity index is 2.05. The summed E-state index contributed by atoms with van der Waals surface area (Å²) in [4.78, 5) is 0. The maximum Gasteiger partial charge on any atom is 0.190 e. The lowest BCUT2D eigenvalue weighted by molar-refractivity contribution is -0.216. The number of aliphatic hydroxyl groups is 1. The molecular formula is C10H17FO4. The van der Waals surface area contributed by atoms with Gasteiger partial charge < -0.3 is 19.3 Å². The number of fused-ring (bicyclic) bond motifs is 1. The van der Waals surface area contributed by atoms with Gasteiger partial charge in [0.15, 0.2) is 18.2 Å². The number of alkyl halides is 1. The van der Waals surface area contributed by atoms with Gasteiger partial charge >= 0.3 is 0 Å². The number of halogens is 1. The van der Waals surface area contributed by atoms with Crippen LogP contribution in [0.5, 0.6) is 0 Å². The van der Waals surface area contributed by atoms with Crippen LogP contribution in [0.3, 0.4) is 0 Å². The molecule has 0 unspecified atom stereocenters. The number of aliphatic hydroxyl groups excluding tert-OH is 1. The predicted molar refractivity (Wildman–Crippen MR) is 49.8 cm³/mol. The van der Waals surface area contributed by atoms with E-state index < -0.39 is 30.5 Å². The predicted octanol–water partition coefficient (Wildman–Crippen LogP) is 0.829. The Morgan fingerprint density at radius 2 is 2.07 bits per heavy atom. The van der Waals surface area contributed by atoms with Gasteiger partial charge in [-0.05, 0) is 13.8 Å². The topological polar surface area (TPSA) is 47.9 Å². The van der Waals surface area contributed by atoms with Crippen LogP contribution >= 0.6 is 0 Å². The lowest BCUT2D eigenvalue weighted by Crippen LogP contribution is -2.35. The summed E-state index contributed by atoms with van der Waals surface area (Å²) < 4.78 is 30.1. The summed E-state index contributed by atoms with van der Waals surface area (Å²) in [6.07, 6.45) is -3.19. The van der Waals surface area contributed by atoms with E-state index >= 15 is 0 Å². The van der Waals surface area contributed by atoms with Crippen LogP contribution in [0.15, 0.2) is 0 Å². The maximum atomic E-state index is 13.9. The summed E-state index contributed by atoms with van der Waals surface area (Å²) in [5.41, 5.74) is 0. The molecule has 0 aromatic heterocycles. The van der Waals surface area contributed by atoms with Crippen LogP contribution in [0, 0.1) is 5.92 Å². The molecule has 15 heavy (non-hydrogen) atoms. The van der Waals surface area contributed by atoms with Crippen molar-refractivity contribution in [3.63, 3.8) is 0 Å². The molecule has 0 bridgehead atoms. The van der Waals surface area contributed by atoms with Gasteiger partial charge in [0.05, 0.1) is 6.10 Å². The molecule has 0 amide bonds. The molecule has 2 saturated heterocycles. The summed E-state index contributed by atoms with van der Waals surface area (Å²) in [7, 11) is 0. The summed E-state index contributed by atoms with van der Waals surface area (Å²) >= 11 is 0. The van der Waals surface area contributed by atoms with E-state index in [-0.39, 0.29) is 12.5 Å². The Bertz CT molecular complexity index is 246. The van der Waals surface area contributed by atoms with Crippen molar-refractivity contribution >= 4 is 0 Å². The monoisotopic (exact) mass is 220 g/mol. The van der Waals surface area contributed by atoms with Crippen LogP contribution in [-0.4, -0.2) is 42.2 Å². The largest absolute Gasteiger partial charge is 0.396 e. The normalized spacial score (nSPS) is 45.4. The molecule has 2 rings (SSSR count). The molecule has 0 saturated carbocycles. The standard InChI is InChI=1S/C10H17FO4/c1-5(4-12)7-6(11)8-9(13-7)15-10(2,3)14-8/h5-9,12H,4H2,1-3H3/t5-,6+,7+,8-,9-/m1/s1. The summed E-state index contributed by atoms with van der Waals surface area (Å²) in [6.45, 7) is 5.09. The highest BCUT2D eigenvalue weighted by Gasteiger charge is 2.56. The van der Waals surface area contributed by atoms with E-state index in [0.29, 0.717) is 0 Å². The first-order valence-electron chi connectivity index (χ1n) is 5.20. The molecule has 2 aliphatic heterocycles. The molecule has 2 aliphatic rings. The first-order valence-corrected chi connectivity index (χ1v) is 5.20. The highest BCUT2D eigenvalue weighted by molar-refractivity contribution is 4.94. The van der Waals surface area contributed by atoms with E-state index in [9.17, 15) is 4.39 Å². The molecular weight excluding hydrogens is 203 g/mol. The van der Waals surface area contributed by atoms with Crippen molar-refractivity contribution in [2.45, 2.75) is 51.2 Å². The second-order valence-electron chi connectivity index (χ2n) is 4.67. The zero-order valence-corrected chi connectivity index (χ0v) is 9.14. The molecule has 0 spiro atoms. The molecule has 88 valence electrons. The fourth-order valence-electron chi connectivity index (χ4n) is 2.05. The van der Waals surface area contributed by atoms with Gasteiger partial charge in [-0.25, -0.2) is 4.39 Å². The van der Waals surface area contributed by atoms with Gasteiger partial charge in [0.2, 0.25) is 0 Å². The molecule has 2 fully saturated rings. The maximum absolute atomic E-state index is 13.9. The van der Waals surface area contributed by atoms with Gasteiger partial charge in [0.1, 0.15) is 6.10 Å². The molecule has 0 aromatic rings. The van der Waals surface area contributed by atoms with E-state index in [1.54, 1.807) is 20.8 Å². The van der Waals surface area contributed by atoms with E-state index in [1.165, 1.54) is 0 Å². The number of hydrogen-bond acceptors (Lipinski definition) is 4. The van der Waals surface area contributed by atoms with Gasteiger partial charge in [-0.15, -0.1) is 0 Å². The third-order valence-electron chi connectivity index (χ3n) is 2.86. The average molecular weight is 220 g/mol. The van der Waals surface area contributed by atoms with E-state index in [1.807, 2.05) is 0 Å². The molecule has 2 heterocycles. The second-order valence-corrected chi connectivity index (χ2v) is 4.67. The molecule has 0 aromatic carbocycles. The minimum absolute atomic E-state index is 0.103. The van der Waals surface area contributed by atoms with Gasteiger partial charge in [0, 0.05) is 12.5 Å². The number of hydrogen-bond donors (Lipinski definition) is 1. The van der Waals surface area contributed by atoms with Crippen LogP contribution in [-0.2, 0) is 14.2 Å². The summed E-state index contributed by atoms with van der Waals surface area (Å²) in [6, 6.07) is 0.